The highest BCUT2D eigenvalue weighted by Crippen LogP contribution is 2.45. The first-order valence-corrected chi connectivity index (χ1v) is 10.3. The van der Waals surface area contributed by atoms with E-state index in [4.69, 9.17) is 9.47 Å². The van der Waals surface area contributed by atoms with E-state index in [0.717, 1.165) is 38.5 Å². The smallest absolute Gasteiger partial charge is 0.341 e. The van der Waals surface area contributed by atoms with Gasteiger partial charge in [0.1, 0.15) is 0 Å². The Hall–Kier alpha value is -4.19. The summed E-state index contributed by atoms with van der Waals surface area (Å²) in [7, 11) is 1.55. The van der Waals surface area contributed by atoms with Crippen LogP contribution in [-0.4, -0.2) is 34.8 Å². The van der Waals surface area contributed by atoms with E-state index in [0.29, 0.717) is 11.5 Å². The van der Waals surface area contributed by atoms with Crippen LogP contribution < -0.4 is 9.47 Å². The van der Waals surface area contributed by atoms with Crippen LogP contribution in [0.5, 0.6) is 11.5 Å². The van der Waals surface area contributed by atoms with Gasteiger partial charge in [0.2, 0.25) is 0 Å². The monoisotopic (exact) mass is 426 g/mol. The topological polar surface area (TPSA) is 87.3 Å². The van der Waals surface area contributed by atoms with Gasteiger partial charge >= 0.3 is 5.97 Å². The molecule has 0 amide bonds. The number of benzene rings is 3. The van der Waals surface area contributed by atoms with Gasteiger partial charge in [-0.05, 0) is 29.3 Å². The van der Waals surface area contributed by atoms with Gasteiger partial charge in [-0.3, -0.25) is 0 Å². The maximum Gasteiger partial charge on any atom is 0.341 e. The number of aromatic nitrogens is 2. The van der Waals surface area contributed by atoms with Crippen LogP contribution in [0.1, 0.15) is 22.6 Å². The van der Waals surface area contributed by atoms with Crippen LogP contribution in [0.15, 0.2) is 79.1 Å². The molecule has 0 radical (unpaired) electrons. The van der Waals surface area contributed by atoms with E-state index in [1.54, 1.807) is 13.2 Å². The third-order valence-corrected chi connectivity index (χ3v) is 5.74. The molecule has 0 aliphatic rings. The number of carboxylic acid groups (broad SMARTS) is 1. The lowest BCUT2D eigenvalue weighted by Gasteiger charge is -2.22. The fourth-order valence-corrected chi connectivity index (χ4v) is 4.38. The Morgan fingerprint density at radius 2 is 1.44 bits per heavy atom. The summed E-state index contributed by atoms with van der Waals surface area (Å²) in [5, 5.41) is 11.4. The van der Waals surface area contributed by atoms with Crippen LogP contribution in [0, 0.1) is 0 Å². The molecule has 5 aromatic rings. The van der Waals surface area contributed by atoms with Gasteiger partial charge in [-0.2, -0.15) is 0 Å². The first-order chi connectivity index (χ1) is 15.7. The van der Waals surface area contributed by atoms with E-state index in [9.17, 15) is 9.90 Å². The van der Waals surface area contributed by atoms with Gasteiger partial charge in [-0.15, -0.1) is 0 Å². The zero-order chi connectivity index (χ0) is 22.1. The number of carboxylic acids is 1. The largest absolute Gasteiger partial charge is 0.493 e. The number of fused-ring (bicyclic) bond motifs is 2. The minimum atomic E-state index is -1.04. The van der Waals surface area contributed by atoms with Gasteiger partial charge in [-0.25, -0.2) is 4.79 Å². The average Bonchev–Trinajstić information content (AvgIpc) is 3.43. The fourth-order valence-electron chi connectivity index (χ4n) is 4.38. The summed E-state index contributed by atoms with van der Waals surface area (Å²) in [6.45, 7) is -0.456. The molecule has 3 N–H and O–H groups in total. The summed E-state index contributed by atoms with van der Waals surface area (Å²) in [4.78, 5) is 18.0. The molecule has 0 saturated heterocycles. The number of ether oxygens (including phenoxy) is 2. The van der Waals surface area contributed by atoms with Crippen LogP contribution in [0.4, 0.5) is 0 Å². The SMILES string of the molecule is COc1cccc(C(c2c[nH]c3ccccc23)c2c[nH]c3ccccc23)c1OCC(=O)O. The molecule has 0 atom stereocenters. The van der Waals surface area contributed by atoms with Crippen molar-refractivity contribution in [2.24, 2.45) is 0 Å². The van der Waals surface area contributed by atoms with Crippen molar-refractivity contribution in [1.82, 2.24) is 9.97 Å². The Morgan fingerprint density at radius 1 is 0.844 bits per heavy atom. The van der Waals surface area contributed by atoms with Crippen molar-refractivity contribution in [2.45, 2.75) is 5.92 Å². The molecule has 0 aliphatic heterocycles. The zero-order valence-electron chi connectivity index (χ0n) is 17.5. The number of nitrogens with one attached hydrogen (secondary N) is 2. The summed E-state index contributed by atoms with van der Waals surface area (Å²) >= 11 is 0. The summed E-state index contributed by atoms with van der Waals surface area (Å²) < 4.78 is 11.3. The highest BCUT2D eigenvalue weighted by molar-refractivity contribution is 5.89. The molecular weight excluding hydrogens is 404 g/mol. The van der Waals surface area contributed by atoms with Crippen molar-refractivity contribution in [1.29, 1.82) is 0 Å². The van der Waals surface area contributed by atoms with Crippen LogP contribution in [0.25, 0.3) is 21.8 Å². The zero-order valence-corrected chi connectivity index (χ0v) is 17.5. The molecule has 5 rings (SSSR count). The molecule has 2 aromatic heterocycles. The van der Waals surface area contributed by atoms with Crippen molar-refractivity contribution in [3.8, 4) is 11.5 Å². The number of carbonyl (C=O) groups is 1. The van der Waals surface area contributed by atoms with Gasteiger partial charge in [-0.1, -0.05) is 48.5 Å². The maximum atomic E-state index is 11.3. The molecule has 0 unspecified atom stereocenters. The predicted molar refractivity (Wildman–Crippen MR) is 124 cm³/mol. The van der Waals surface area contributed by atoms with E-state index in [2.05, 4.69) is 22.1 Å². The molecular formula is C26H22N2O4. The van der Waals surface area contributed by atoms with E-state index < -0.39 is 12.6 Å². The van der Waals surface area contributed by atoms with E-state index >= 15 is 0 Å². The summed E-state index contributed by atoms with van der Waals surface area (Å²) in [5.41, 5.74) is 5.03. The molecule has 0 spiro atoms. The van der Waals surface area contributed by atoms with Gasteiger partial charge in [0.05, 0.1) is 7.11 Å². The van der Waals surface area contributed by atoms with Crippen molar-refractivity contribution >= 4 is 27.8 Å². The van der Waals surface area contributed by atoms with Crippen molar-refractivity contribution in [3.63, 3.8) is 0 Å². The number of rotatable bonds is 7. The van der Waals surface area contributed by atoms with Crippen LogP contribution in [-0.2, 0) is 4.79 Å². The van der Waals surface area contributed by atoms with Crippen LogP contribution >= 0.6 is 0 Å². The van der Waals surface area contributed by atoms with Gasteiger partial charge in [0, 0.05) is 45.7 Å². The second kappa shape index (κ2) is 8.15. The summed E-state index contributed by atoms with van der Waals surface area (Å²) in [5.74, 6) is -0.342. The molecule has 0 bridgehead atoms. The molecule has 32 heavy (non-hydrogen) atoms. The van der Waals surface area contributed by atoms with Gasteiger partial charge in [0.25, 0.3) is 0 Å². The third kappa shape index (κ3) is 3.36. The summed E-state index contributed by atoms with van der Waals surface area (Å²) in [6.07, 6.45) is 4.02. The van der Waals surface area contributed by atoms with Gasteiger partial charge < -0.3 is 24.5 Å². The Labute approximate surface area is 184 Å². The average molecular weight is 426 g/mol. The molecule has 3 aromatic carbocycles. The van der Waals surface area contributed by atoms with Crippen LogP contribution in [0.3, 0.4) is 0 Å². The standard InChI is InChI=1S/C26H22N2O4/c1-31-23-12-6-9-18(26(23)32-15-24(29)30)25(19-13-27-21-10-4-2-7-16(19)21)20-14-28-22-11-5-3-8-17(20)22/h2-14,25,27-28H,15H2,1H3,(H,29,30). The number of hydrogen-bond acceptors (Lipinski definition) is 3. The fraction of sp³-hybridized carbons (Fsp3) is 0.115. The lowest BCUT2D eigenvalue weighted by atomic mass is 9.84. The normalized spacial score (nSPS) is 11.3. The molecule has 0 aliphatic carbocycles. The minimum Gasteiger partial charge on any atom is -0.493 e. The van der Waals surface area contributed by atoms with Gasteiger partial charge in [0.15, 0.2) is 18.1 Å². The van der Waals surface area contributed by atoms with Crippen molar-refractivity contribution in [2.75, 3.05) is 13.7 Å². The van der Waals surface area contributed by atoms with Crippen molar-refractivity contribution < 1.29 is 19.4 Å². The highest BCUT2D eigenvalue weighted by atomic mass is 16.5. The molecule has 6 heteroatoms. The molecule has 0 saturated carbocycles. The first-order valence-electron chi connectivity index (χ1n) is 10.3. The molecule has 160 valence electrons. The highest BCUT2D eigenvalue weighted by Gasteiger charge is 2.27. The second-order valence-electron chi connectivity index (χ2n) is 7.57. The summed E-state index contributed by atoms with van der Waals surface area (Å²) in [6, 6.07) is 21.9. The Bertz CT molecular complexity index is 1340. The molecule has 6 nitrogen and oxygen atoms in total. The molecule has 2 heterocycles. The Kier molecular flexibility index (Phi) is 5.03. The Balaban J connectivity index is 1.79. The number of aromatic amines is 2. The molecule has 0 fully saturated rings. The number of aliphatic carboxylic acids is 1. The number of hydrogen-bond donors (Lipinski definition) is 3. The van der Waals surface area contributed by atoms with E-state index in [-0.39, 0.29) is 5.92 Å². The van der Waals surface area contributed by atoms with E-state index in [1.807, 2.05) is 60.9 Å². The first kappa shape index (κ1) is 19.8. The number of para-hydroxylation sites is 3. The third-order valence-electron chi connectivity index (χ3n) is 5.74. The lowest BCUT2D eigenvalue weighted by molar-refractivity contribution is -0.139. The lowest BCUT2D eigenvalue weighted by Crippen LogP contribution is -2.13. The van der Waals surface area contributed by atoms with E-state index in [1.165, 1.54) is 0 Å². The maximum absolute atomic E-state index is 11.3. The quantitative estimate of drug-likeness (QED) is 0.329. The van der Waals surface area contributed by atoms with Crippen LogP contribution in [0.2, 0.25) is 0 Å². The predicted octanol–water partition coefficient (Wildman–Crippen LogP) is 5.30. The van der Waals surface area contributed by atoms with Crippen molar-refractivity contribution in [3.05, 3.63) is 95.8 Å². The minimum absolute atomic E-state index is 0.221. The number of H-pyrrole nitrogens is 2. The number of methoxy groups -OCH3 is 1. The second-order valence-corrected chi connectivity index (χ2v) is 7.57. The Morgan fingerprint density at radius 3 is 2.00 bits per heavy atom.